The molecular formula is C29H50O11. The molecule has 11 nitrogen and oxygen atoms in total. The van der Waals surface area contributed by atoms with Gasteiger partial charge < -0.3 is 39.4 Å². The maximum absolute atomic E-state index is 13.7. The number of carbonyl (C=O) groups excluding carboxylic acids is 3. The van der Waals surface area contributed by atoms with Gasteiger partial charge in [0.15, 0.2) is 12.1 Å². The van der Waals surface area contributed by atoms with Crippen molar-refractivity contribution >= 4 is 17.5 Å². The number of aliphatic hydroxyl groups is 4. The van der Waals surface area contributed by atoms with Gasteiger partial charge in [0.05, 0.1) is 29.8 Å². The highest BCUT2D eigenvalue weighted by Gasteiger charge is 2.51. The molecule has 0 bridgehead atoms. The number of esters is 1. The summed E-state index contributed by atoms with van der Waals surface area (Å²) in [5.41, 5.74) is -4.97. The van der Waals surface area contributed by atoms with E-state index in [2.05, 4.69) is 0 Å². The van der Waals surface area contributed by atoms with Gasteiger partial charge in [0, 0.05) is 31.3 Å². The number of carbonyl (C=O) groups is 3. The molecule has 0 amide bonds. The van der Waals surface area contributed by atoms with Crippen molar-refractivity contribution in [3.05, 3.63) is 0 Å². The Kier molecular flexibility index (Phi) is 11.1. The number of hydrogen-bond acceptors (Lipinski definition) is 11. The zero-order valence-electron chi connectivity index (χ0n) is 25.5. The number of methoxy groups -OCH3 is 1. The first-order chi connectivity index (χ1) is 18.2. The van der Waals surface area contributed by atoms with Crippen LogP contribution in [-0.4, -0.2) is 98.7 Å². The minimum absolute atomic E-state index is 0.0898. The summed E-state index contributed by atoms with van der Waals surface area (Å²) >= 11 is 0. The van der Waals surface area contributed by atoms with Crippen LogP contribution in [0.25, 0.3) is 0 Å². The van der Waals surface area contributed by atoms with Crippen LogP contribution >= 0.6 is 0 Å². The van der Waals surface area contributed by atoms with Crippen molar-refractivity contribution in [3.8, 4) is 0 Å². The predicted molar refractivity (Wildman–Crippen MR) is 144 cm³/mol. The maximum Gasteiger partial charge on any atom is 0.311 e. The van der Waals surface area contributed by atoms with Crippen LogP contribution < -0.4 is 0 Å². The monoisotopic (exact) mass is 574 g/mol. The Labute approximate surface area is 237 Å². The van der Waals surface area contributed by atoms with Crippen LogP contribution in [0.3, 0.4) is 0 Å². The molecule has 0 aromatic rings. The molecule has 0 radical (unpaired) electrons. The van der Waals surface area contributed by atoms with Crippen molar-refractivity contribution in [2.24, 2.45) is 23.7 Å². The molecule has 0 saturated carbocycles. The van der Waals surface area contributed by atoms with Gasteiger partial charge in [0.25, 0.3) is 0 Å². The quantitative estimate of drug-likeness (QED) is 0.359. The van der Waals surface area contributed by atoms with Crippen molar-refractivity contribution in [3.63, 3.8) is 0 Å². The Balaban J connectivity index is 2.55. The van der Waals surface area contributed by atoms with Crippen LogP contribution in [0.5, 0.6) is 0 Å². The van der Waals surface area contributed by atoms with E-state index in [0.29, 0.717) is 0 Å². The summed E-state index contributed by atoms with van der Waals surface area (Å²) in [6, 6.07) is 0. The third-order valence-electron chi connectivity index (χ3n) is 9.08. The number of Topliss-reactive ketones (excluding diaryl/α,β-unsaturated/α-hetero) is 2. The van der Waals surface area contributed by atoms with Gasteiger partial charge in [-0.1, -0.05) is 27.7 Å². The van der Waals surface area contributed by atoms with E-state index in [0.717, 1.165) is 0 Å². The highest BCUT2D eigenvalue weighted by Crippen LogP contribution is 2.37. The van der Waals surface area contributed by atoms with Crippen LogP contribution in [0.2, 0.25) is 0 Å². The molecule has 40 heavy (non-hydrogen) atoms. The number of rotatable bonds is 4. The van der Waals surface area contributed by atoms with Gasteiger partial charge in [-0.25, -0.2) is 0 Å². The standard InChI is InChI=1S/C29H50O11/c1-11-19-29(9,36)24(32)15(3)21(30)14(2)12-27(7,35)23(31)16(4)22(17(5)26(34)39-19)40-20-13-28(8,37-10)25(33)18(6)38-20/h14-20,22,24-25,32-33,35-36H,11-13H2,1-10H3/t14-,15+,16+,17-,18+,19-,20+,22+,24-,25+,27-,28-,29-/m1/s1. The molecule has 0 unspecified atom stereocenters. The number of ether oxygens (including phenoxy) is 4. The second-order valence-corrected chi connectivity index (χ2v) is 12.6. The molecule has 2 aliphatic heterocycles. The topological polar surface area (TPSA) is 169 Å². The molecule has 2 fully saturated rings. The van der Waals surface area contributed by atoms with E-state index in [1.807, 2.05) is 0 Å². The molecule has 0 aromatic heterocycles. The molecular weight excluding hydrogens is 524 g/mol. The van der Waals surface area contributed by atoms with E-state index < -0.39 is 94.8 Å². The highest BCUT2D eigenvalue weighted by atomic mass is 16.7. The lowest BCUT2D eigenvalue weighted by molar-refractivity contribution is -0.294. The van der Waals surface area contributed by atoms with Gasteiger partial charge in [-0.05, 0) is 47.5 Å². The van der Waals surface area contributed by atoms with Crippen molar-refractivity contribution in [2.75, 3.05) is 7.11 Å². The number of hydrogen-bond donors (Lipinski definition) is 4. The SMILES string of the molecule is CC[C@H]1OC(=O)[C@H](C)[C@@H](O[C@H]2C[C@@](C)(OC)[C@@H](O)[C@H](C)O2)[C@H](C)C(=O)[C@](C)(O)C[C@@H](C)C(=O)[C@H](C)[C@@H](O)[C@]1(C)O. The minimum Gasteiger partial charge on any atom is -0.459 e. The first-order valence-electron chi connectivity index (χ1n) is 14.2. The number of ketones is 2. The van der Waals surface area contributed by atoms with Crippen LogP contribution in [0, 0.1) is 23.7 Å². The van der Waals surface area contributed by atoms with E-state index in [4.69, 9.17) is 18.9 Å². The lowest BCUT2D eigenvalue weighted by atomic mass is 9.75. The molecule has 0 spiro atoms. The summed E-state index contributed by atoms with van der Waals surface area (Å²) in [7, 11) is 1.46. The van der Waals surface area contributed by atoms with E-state index in [1.54, 1.807) is 27.7 Å². The molecule has 232 valence electrons. The van der Waals surface area contributed by atoms with E-state index in [-0.39, 0.29) is 19.3 Å². The maximum atomic E-state index is 13.7. The van der Waals surface area contributed by atoms with Crippen LogP contribution in [-0.2, 0) is 33.3 Å². The van der Waals surface area contributed by atoms with Crippen LogP contribution in [0.1, 0.15) is 81.6 Å². The fourth-order valence-electron chi connectivity index (χ4n) is 6.17. The molecule has 13 atom stereocenters. The lowest BCUT2D eigenvalue weighted by Crippen LogP contribution is -2.58. The largest absolute Gasteiger partial charge is 0.459 e. The molecule has 2 aliphatic rings. The second kappa shape index (κ2) is 12.8. The zero-order chi connectivity index (χ0) is 31.0. The summed E-state index contributed by atoms with van der Waals surface area (Å²) in [6.45, 7) is 13.7. The normalized spacial score (nSPS) is 48.4. The summed E-state index contributed by atoms with van der Waals surface area (Å²) in [5.74, 6) is -5.91. The zero-order valence-corrected chi connectivity index (χ0v) is 25.5. The Bertz CT molecular complexity index is 918. The predicted octanol–water partition coefficient (Wildman–Crippen LogP) is 1.54. The van der Waals surface area contributed by atoms with Gasteiger partial charge in [0.1, 0.15) is 29.2 Å². The third kappa shape index (κ3) is 6.94. The lowest BCUT2D eigenvalue weighted by Gasteiger charge is -2.46. The summed E-state index contributed by atoms with van der Waals surface area (Å²) in [6.07, 6.45) is -6.53. The molecule has 2 rings (SSSR count). The van der Waals surface area contributed by atoms with Gasteiger partial charge in [-0.15, -0.1) is 0 Å². The Hall–Kier alpha value is -1.47. The summed E-state index contributed by atoms with van der Waals surface area (Å²) in [4.78, 5) is 40.3. The molecule has 0 aromatic carbocycles. The molecule has 0 aliphatic carbocycles. The molecule has 4 N–H and O–H groups in total. The highest BCUT2D eigenvalue weighted by molar-refractivity contribution is 5.91. The first kappa shape index (κ1) is 34.7. The fourth-order valence-corrected chi connectivity index (χ4v) is 6.17. The summed E-state index contributed by atoms with van der Waals surface area (Å²) in [5, 5.41) is 44.1. The fraction of sp³-hybridized carbons (Fsp3) is 0.897. The van der Waals surface area contributed by atoms with E-state index in [1.165, 1.54) is 41.7 Å². The van der Waals surface area contributed by atoms with Crippen molar-refractivity contribution < 1.29 is 53.8 Å². The van der Waals surface area contributed by atoms with Crippen molar-refractivity contribution in [1.82, 2.24) is 0 Å². The number of cyclic esters (lactones) is 1. The molecule has 2 heterocycles. The average Bonchev–Trinajstić information content (AvgIpc) is 2.89. The van der Waals surface area contributed by atoms with Crippen LogP contribution in [0.15, 0.2) is 0 Å². The average molecular weight is 575 g/mol. The van der Waals surface area contributed by atoms with Gasteiger partial charge in [-0.2, -0.15) is 0 Å². The van der Waals surface area contributed by atoms with Gasteiger partial charge in [0.2, 0.25) is 0 Å². The van der Waals surface area contributed by atoms with E-state index in [9.17, 15) is 34.8 Å². The van der Waals surface area contributed by atoms with E-state index >= 15 is 0 Å². The molecule has 11 heteroatoms. The molecule has 2 saturated heterocycles. The van der Waals surface area contributed by atoms with Crippen molar-refractivity contribution in [1.29, 1.82) is 0 Å². The first-order valence-corrected chi connectivity index (χ1v) is 14.2. The number of aliphatic hydroxyl groups excluding tert-OH is 2. The van der Waals surface area contributed by atoms with Gasteiger partial charge >= 0.3 is 5.97 Å². The van der Waals surface area contributed by atoms with Crippen LogP contribution in [0.4, 0.5) is 0 Å². The Morgan fingerprint density at radius 2 is 1.48 bits per heavy atom. The Morgan fingerprint density at radius 3 is 2.00 bits per heavy atom. The Morgan fingerprint density at radius 1 is 0.900 bits per heavy atom. The third-order valence-corrected chi connectivity index (χ3v) is 9.08. The summed E-state index contributed by atoms with van der Waals surface area (Å²) < 4.78 is 23.3. The van der Waals surface area contributed by atoms with Gasteiger partial charge in [-0.3, -0.25) is 14.4 Å². The van der Waals surface area contributed by atoms with Crippen molar-refractivity contribution in [2.45, 2.75) is 135 Å². The smallest absolute Gasteiger partial charge is 0.311 e. The second-order valence-electron chi connectivity index (χ2n) is 12.6. The minimum atomic E-state index is -1.97.